The molecular weight excluding hydrogens is 377 g/mol. The fourth-order valence-corrected chi connectivity index (χ4v) is 2.45. The molecule has 3 rings (SSSR count). The van der Waals surface area contributed by atoms with E-state index < -0.39 is 29.2 Å². The normalized spacial score (nSPS) is 11.3. The minimum absolute atomic E-state index is 0.0113. The fraction of sp³-hybridized carbons (Fsp3) is 0.167. The van der Waals surface area contributed by atoms with Crippen molar-refractivity contribution in [2.75, 3.05) is 5.32 Å². The summed E-state index contributed by atoms with van der Waals surface area (Å²) < 4.78 is 44.7. The molecule has 0 aliphatic carbocycles. The molecule has 1 aromatic carbocycles. The summed E-state index contributed by atoms with van der Waals surface area (Å²) in [5.74, 6) is -1.13. The number of hydrogen-bond donors (Lipinski definition) is 2. The van der Waals surface area contributed by atoms with E-state index in [1.807, 2.05) is 0 Å². The third-order valence-corrected chi connectivity index (χ3v) is 3.75. The quantitative estimate of drug-likeness (QED) is 0.698. The van der Waals surface area contributed by atoms with Gasteiger partial charge in [-0.05, 0) is 29.8 Å². The lowest BCUT2D eigenvalue weighted by Crippen LogP contribution is -2.25. The zero-order valence-electron chi connectivity index (χ0n) is 14.6. The molecule has 28 heavy (non-hydrogen) atoms. The third-order valence-electron chi connectivity index (χ3n) is 3.75. The van der Waals surface area contributed by atoms with Gasteiger partial charge >= 0.3 is 6.18 Å². The number of hydrogen-bond acceptors (Lipinski definition) is 4. The number of aromatic nitrogens is 2. The first-order valence-corrected chi connectivity index (χ1v) is 8.07. The molecule has 10 heteroatoms. The van der Waals surface area contributed by atoms with Gasteiger partial charge in [0.25, 0.3) is 11.8 Å². The Morgan fingerprint density at radius 2 is 1.86 bits per heavy atom. The number of aryl methyl sites for hydroxylation is 1. The number of amides is 2. The molecule has 0 radical (unpaired) electrons. The highest BCUT2D eigenvalue weighted by molar-refractivity contribution is 6.02. The van der Waals surface area contributed by atoms with Gasteiger partial charge in [0.2, 0.25) is 0 Å². The van der Waals surface area contributed by atoms with Gasteiger partial charge in [0, 0.05) is 25.5 Å². The van der Waals surface area contributed by atoms with Crippen LogP contribution in [0.15, 0.2) is 53.3 Å². The van der Waals surface area contributed by atoms with E-state index >= 15 is 0 Å². The number of furan rings is 1. The highest BCUT2D eigenvalue weighted by Gasteiger charge is 2.38. The molecule has 146 valence electrons. The second-order valence-corrected chi connectivity index (χ2v) is 5.87. The first-order chi connectivity index (χ1) is 13.2. The molecule has 0 saturated heterocycles. The van der Waals surface area contributed by atoms with Gasteiger partial charge in [-0.1, -0.05) is 12.1 Å². The molecular formula is C18H15F3N4O3. The van der Waals surface area contributed by atoms with E-state index in [4.69, 9.17) is 4.42 Å². The Morgan fingerprint density at radius 3 is 2.46 bits per heavy atom. The number of nitrogens with one attached hydrogen (secondary N) is 2. The van der Waals surface area contributed by atoms with E-state index in [1.54, 1.807) is 30.3 Å². The first kappa shape index (κ1) is 19.2. The van der Waals surface area contributed by atoms with Crippen LogP contribution in [-0.2, 0) is 19.8 Å². The van der Waals surface area contributed by atoms with Crippen molar-refractivity contribution >= 4 is 17.5 Å². The summed E-state index contributed by atoms with van der Waals surface area (Å²) in [6.07, 6.45) is -2.32. The highest BCUT2D eigenvalue weighted by Crippen LogP contribution is 2.30. The zero-order chi connectivity index (χ0) is 20.3. The lowest BCUT2D eigenvalue weighted by molar-refractivity contribution is -0.141. The van der Waals surface area contributed by atoms with E-state index in [9.17, 15) is 22.8 Å². The number of anilines is 1. The standard InChI is InChI=1S/C18H15F3N4O3/c1-25-10-13(15(24-25)18(19,20)21)16(26)22-9-11-4-6-12(7-5-11)23-17(27)14-3-2-8-28-14/h2-8,10H,9H2,1H3,(H,22,26)(H,23,27). The first-order valence-electron chi connectivity index (χ1n) is 8.07. The van der Waals surface area contributed by atoms with E-state index in [2.05, 4.69) is 15.7 Å². The lowest BCUT2D eigenvalue weighted by atomic mass is 10.2. The number of carbonyl (C=O) groups is 2. The summed E-state index contributed by atoms with van der Waals surface area (Å²) in [5.41, 5.74) is -0.634. The van der Waals surface area contributed by atoms with Crippen LogP contribution in [0.4, 0.5) is 18.9 Å². The molecule has 0 atom stereocenters. The molecule has 3 aromatic rings. The number of alkyl halides is 3. The predicted octanol–water partition coefficient (Wildman–Crippen LogP) is 3.21. The molecule has 0 unspecified atom stereocenters. The van der Waals surface area contributed by atoms with Crippen LogP contribution in [-0.4, -0.2) is 21.6 Å². The molecule has 2 heterocycles. The maximum absolute atomic E-state index is 12.9. The molecule has 0 aliphatic rings. The van der Waals surface area contributed by atoms with Crippen LogP contribution in [0.1, 0.15) is 32.2 Å². The number of nitrogens with zero attached hydrogens (tertiary/aromatic N) is 2. The molecule has 0 aliphatic heterocycles. The second kappa shape index (κ2) is 7.59. The monoisotopic (exact) mass is 392 g/mol. The predicted molar refractivity (Wildman–Crippen MR) is 92.5 cm³/mol. The minimum Gasteiger partial charge on any atom is -0.459 e. The maximum Gasteiger partial charge on any atom is 0.435 e. The zero-order valence-corrected chi connectivity index (χ0v) is 14.6. The van der Waals surface area contributed by atoms with Gasteiger partial charge < -0.3 is 15.1 Å². The summed E-state index contributed by atoms with van der Waals surface area (Å²) in [6.45, 7) is 0.0113. The molecule has 2 aromatic heterocycles. The van der Waals surface area contributed by atoms with Gasteiger partial charge in [-0.2, -0.15) is 18.3 Å². The molecule has 0 fully saturated rings. The summed E-state index contributed by atoms with van der Waals surface area (Å²) in [7, 11) is 1.31. The van der Waals surface area contributed by atoms with Crippen LogP contribution in [0.5, 0.6) is 0 Å². The van der Waals surface area contributed by atoms with Gasteiger partial charge in [0.05, 0.1) is 11.8 Å². The van der Waals surface area contributed by atoms with Gasteiger partial charge in [0.15, 0.2) is 11.5 Å². The minimum atomic E-state index is -4.72. The highest BCUT2D eigenvalue weighted by atomic mass is 19.4. The van der Waals surface area contributed by atoms with Crippen LogP contribution in [0.25, 0.3) is 0 Å². The summed E-state index contributed by atoms with van der Waals surface area (Å²) in [6, 6.07) is 9.58. The SMILES string of the molecule is Cn1cc(C(=O)NCc2ccc(NC(=O)c3ccco3)cc2)c(C(F)(F)F)n1. The van der Waals surface area contributed by atoms with Crippen molar-refractivity contribution in [3.05, 3.63) is 71.4 Å². The molecule has 0 bridgehead atoms. The Hall–Kier alpha value is -3.56. The van der Waals surface area contributed by atoms with E-state index in [0.717, 1.165) is 10.9 Å². The molecule has 2 N–H and O–H groups in total. The Labute approximate surface area is 157 Å². The van der Waals surface area contributed by atoms with Gasteiger partial charge in [-0.3, -0.25) is 14.3 Å². The molecule has 0 spiro atoms. The average molecular weight is 392 g/mol. The maximum atomic E-state index is 12.9. The van der Waals surface area contributed by atoms with Gasteiger partial charge in [-0.15, -0.1) is 0 Å². The smallest absolute Gasteiger partial charge is 0.435 e. The van der Waals surface area contributed by atoms with Crippen molar-refractivity contribution in [1.82, 2.24) is 15.1 Å². The van der Waals surface area contributed by atoms with Gasteiger partial charge in [0.1, 0.15) is 0 Å². The molecule has 2 amide bonds. The number of rotatable bonds is 5. The van der Waals surface area contributed by atoms with Crippen molar-refractivity contribution < 1.29 is 27.2 Å². The average Bonchev–Trinajstić information content (AvgIpc) is 3.30. The molecule has 7 nitrogen and oxygen atoms in total. The van der Waals surface area contributed by atoms with E-state index in [-0.39, 0.29) is 12.3 Å². The Morgan fingerprint density at radius 1 is 1.14 bits per heavy atom. The Balaban J connectivity index is 1.61. The fourth-order valence-electron chi connectivity index (χ4n) is 2.45. The van der Waals surface area contributed by atoms with Crippen molar-refractivity contribution in [3.8, 4) is 0 Å². The Kier molecular flexibility index (Phi) is 5.21. The number of benzene rings is 1. The Bertz CT molecular complexity index is 977. The van der Waals surface area contributed by atoms with E-state index in [0.29, 0.717) is 11.3 Å². The van der Waals surface area contributed by atoms with Crippen molar-refractivity contribution in [2.24, 2.45) is 7.05 Å². The van der Waals surface area contributed by atoms with Crippen LogP contribution in [0, 0.1) is 0 Å². The third kappa shape index (κ3) is 4.40. The van der Waals surface area contributed by atoms with Crippen LogP contribution in [0.2, 0.25) is 0 Å². The van der Waals surface area contributed by atoms with E-state index in [1.165, 1.54) is 19.4 Å². The molecule has 0 saturated carbocycles. The second-order valence-electron chi connectivity index (χ2n) is 5.87. The van der Waals surface area contributed by atoms with Gasteiger partial charge in [-0.25, -0.2) is 0 Å². The largest absolute Gasteiger partial charge is 0.459 e. The summed E-state index contributed by atoms with van der Waals surface area (Å²) >= 11 is 0. The lowest BCUT2D eigenvalue weighted by Gasteiger charge is -2.08. The van der Waals surface area contributed by atoms with Crippen LogP contribution in [0.3, 0.4) is 0 Å². The topological polar surface area (TPSA) is 89.2 Å². The summed E-state index contributed by atoms with van der Waals surface area (Å²) in [5, 5.41) is 8.36. The van der Waals surface area contributed by atoms with Crippen LogP contribution < -0.4 is 10.6 Å². The van der Waals surface area contributed by atoms with Crippen molar-refractivity contribution in [2.45, 2.75) is 12.7 Å². The summed E-state index contributed by atoms with van der Waals surface area (Å²) in [4.78, 5) is 24.0. The number of carbonyl (C=O) groups excluding carboxylic acids is 2. The number of halogens is 3. The van der Waals surface area contributed by atoms with Crippen LogP contribution >= 0.6 is 0 Å². The van der Waals surface area contributed by atoms with Crippen molar-refractivity contribution in [3.63, 3.8) is 0 Å². The van der Waals surface area contributed by atoms with Crippen molar-refractivity contribution in [1.29, 1.82) is 0 Å².